The van der Waals surface area contributed by atoms with Gasteiger partial charge in [0.1, 0.15) is 6.34 Å². The fourth-order valence-corrected chi connectivity index (χ4v) is 0.197. The van der Waals surface area contributed by atoms with E-state index in [0.717, 1.165) is 0 Å². The first kappa shape index (κ1) is 6.91. The van der Waals surface area contributed by atoms with E-state index in [-0.39, 0.29) is 0 Å². The summed E-state index contributed by atoms with van der Waals surface area (Å²) in [6.07, 6.45) is 6.29. The maximum Gasteiger partial charge on any atom is 0.102 e. The Balaban J connectivity index is 3.26. The third-order valence-corrected chi connectivity index (χ3v) is 0.457. The van der Waals surface area contributed by atoms with E-state index in [1.165, 1.54) is 6.34 Å². The minimum absolute atomic E-state index is 1.38. The summed E-state index contributed by atoms with van der Waals surface area (Å²) in [4.78, 5) is 3.67. The lowest BCUT2D eigenvalue weighted by molar-refractivity contribution is 1.05. The predicted octanol–water partition coefficient (Wildman–Crippen LogP) is 0.178. The molecular weight excluding hydrogens is 102 g/mol. The van der Waals surface area contributed by atoms with E-state index in [2.05, 4.69) is 17.0 Å². The molecule has 3 heteroatoms. The summed E-state index contributed by atoms with van der Waals surface area (Å²) in [5, 5.41) is 0. The third-order valence-electron chi connectivity index (χ3n) is 0.457. The van der Waals surface area contributed by atoms with Gasteiger partial charge in [-0.15, -0.1) is 0 Å². The molecule has 0 spiro atoms. The number of aliphatic imine (C=N–C) groups is 1. The van der Waals surface area contributed by atoms with Gasteiger partial charge in [0.05, 0.1) is 0 Å². The van der Waals surface area contributed by atoms with Crippen LogP contribution in [0.4, 0.5) is 0 Å². The van der Waals surface area contributed by atoms with Crippen molar-refractivity contribution in [1.82, 2.24) is 5.43 Å². The Morgan fingerprint density at radius 1 is 1.62 bits per heavy atom. The molecule has 0 radical (unpaired) electrons. The van der Waals surface area contributed by atoms with Crippen LogP contribution in [0.5, 0.6) is 0 Å². The highest BCUT2D eigenvalue weighted by Gasteiger charge is 1.56. The number of hydrogen-bond donors (Lipinski definition) is 2. The Morgan fingerprint density at radius 3 is 2.88 bits per heavy atom. The van der Waals surface area contributed by atoms with E-state index in [1.807, 2.05) is 0 Å². The van der Waals surface area contributed by atoms with Crippen LogP contribution in [-0.2, 0) is 0 Å². The van der Waals surface area contributed by atoms with Crippen LogP contribution in [0.3, 0.4) is 0 Å². The van der Waals surface area contributed by atoms with E-state index in [1.54, 1.807) is 18.4 Å². The minimum Gasteiger partial charge on any atom is -0.315 e. The van der Waals surface area contributed by atoms with Crippen molar-refractivity contribution < 1.29 is 0 Å². The fourth-order valence-electron chi connectivity index (χ4n) is 0.197. The Labute approximate surface area is 48.6 Å². The van der Waals surface area contributed by atoms with Crippen molar-refractivity contribution in [3.63, 3.8) is 0 Å². The normalized spacial score (nSPS) is 10.6. The standard InChI is InChI=1S/C5H9N3/c1-2-3-4-7-5-8-6/h2-5H,1,6H2,(H,7,8)/b4-3+. The largest absolute Gasteiger partial charge is 0.315 e. The monoisotopic (exact) mass is 111 g/mol. The van der Waals surface area contributed by atoms with Crippen molar-refractivity contribution in [3.8, 4) is 0 Å². The van der Waals surface area contributed by atoms with Gasteiger partial charge in [0.2, 0.25) is 0 Å². The second-order valence-electron chi connectivity index (χ2n) is 1.02. The minimum atomic E-state index is 1.38. The van der Waals surface area contributed by atoms with Gasteiger partial charge < -0.3 is 5.43 Å². The van der Waals surface area contributed by atoms with Gasteiger partial charge in [0, 0.05) is 6.20 Å². The highest BCUT2D eigenvalue weighted by Crippen LogP contribution is 1.70. The lowest BCUT2D eigenvalue weighted by Crippen LogP contribution is -2.18. The summed E-state index contributed by atoms with van der Waals surface area (Å²) in [6, 6.07) is 0. The van der Waals surface area contributed by atoms with Crippen molar-refractivity contribution in [1.29, 1.82) is 0 Å². The molecule has 0 unspecified atom stereocenters. The van der Waals surface area contributed by atoms with E-state index in [0.29, 0.717) is 0 Å². The molecule has 0 atom stereocenters. The van der Waals surface area contributed by atoms with Crippen LogP contribution < -0.4 is 11.3 Å². The summed E-state index contributed by atoms with van der Waals surface area (Å²) in [6.45, 7) is 3.45. The lowest BCUT2D eigenvalue weighted by atomic mass is 10.6. The van der Waals surface area contributed by atoms with E-state index < -0.39 is 0 Å². The Morgan fingerprint density at radius 2 is 2.38 bits per heavy atom. The summed E-state index contributed by atoms with van der Waals surface area (Å²) in [5.74, 6) is 4.85. The molecule has 0 bridgehead atoms. The average molecular weight is 111 g/mol. The number of hydrogen-bond acceptors (Lipinski definition) is 2. The first-order valence-electron chi connectivity index (χ1n) is 2.17. The van der Waals surface area contributed by atoms with Crippen molar-refractivity contribution in [2.24, 2.45) is 10.8 Å². The number of nitrogens with zero attached hydrogens (tertiary/aromatic N) is 1. The molecule has 0 aliphatic carbocycles. The first-order chi connectivity index (χ1) is 3.91. The second kappa shape index (κ2) is 5.91. The van der Waals surface area contributed by atoms with Gasteiger partial charge >= 0.3 is 0 Å². The van der Waals surface area contributed by atoms with E-state index >= 15 is 0 Å². The van der Waals surface area contributed by atoms with Crippen LogP contribution in [0.1, 0.15) is 0 Å². The van der Waals surface area contributed by atoms with Gasteiger partial charge in [-0.1, -0.05) is 12.7 Å². The zero-order chi connectivity index (χ0) is 6.24. The molecule has 3 nitrogen and oxygen atoms in total. The highest BCUT2D eigenvalue weighted by atomic mass is 15.2. The SMILES string of the molecule is C=C/C=C/N=C\NN. The molecule has 44 valence electrons. The van der Waals surface area contributed by atoms with Crippen LogP contribution in [0, 0.1) is 0 Å². The fraction of sp³-hybridized carbons (Fsp3) is 0. The summed E-state index contributed by atoms with van der Waals surface area (Å²) >= 11 is 0. The van der Waals surface area contributed by atoms with Crippen LogP contribution in [0.15, 0.2) is 29.9 Å². The van der Waals surface area contributed by atoms with Gasteiger partial charge in [-0.25, -0.2) is 10.8 Å². The molecule has 0 rings (SSSR count). The Bertz CT molecular complexity index is 104. The van der Waals surface area contributed by atoms with Crippen LogP contribution in [-0.4, -0.2) is 6.34 Å². The predicted molar refractivity (Wildman–Crippen MR) is 35.2 cm³/mol. The summed E-state index contributed by atoms with van der Waals surface area (Å²) in [5.41, 5.74) is 2.25. The van der Waals surface area contributed by atoms with Crippen molar-refractivity contribution in [2.75, 3.05) is 0 Å². The Hall–Kier alpha value is -1.09. The molecule has 0 aromatic carbocycles. The van der Waals surface area contributed by atoms with Gasteiger partial charge in [-0.2, -0.15) is 0 Å². The van der Waals surface area contributed by atoms with Crippen molar-refractivity contribution >= 4 is 6.34 Å². The molecule has 0 aliphatic heterocycles. The van der Waals surface area contributed by atoms with E-state index in [9.17, 15) is 0 Å². The van der Waals surface area contributed by atoms with Crippen molar-refractivity contribution in [3.05, 3.63) is 24.9 Å². The number of hydrazine groups is 1. The maximum absolute atomic E-state index is 4.85. The molecule has 0 aromatic rings. The molecular formula is C5H9N3. The molecule has 0 aliphatic rings. The molecule has 8 heavy (non-hydrogen) atoms. The molecule has 0 aromatic heterocycles. The molecule has 0 heterocycles. The van der Waals surface area contributed by atoms with Crippen LogP contribution in [0.25, 0.3) is 0 Å². The number of nitrogens with two attached hydrogens (primary N) is 1. The topological polar surface area (TPSA) is 50.4 Å². The zero-order valence-electron chi connectivity index (χ0n) is 4.54. The van der Waals surface area contributed by atoms with Crippen LogP contribution in [0.2, 0.25) is 0 Å². The zero-order valence-corrected chi connectivity index (χ0v) is 4.54. The molecule has 3 N–H and O–H groups in total. The summed E-state index contributed by atoms with van der Waals surface area (Å²) < 4.78 is 0. The number of nitrogens with one attached hydrogen (secondary N) is 1. The maximum atomic E-state index is 4.85. The van der Waals surface area contributed by atoms with Gasteiger partial charge in [-0.3, -0.25) is 0 Å². The molecule has 0 amide bonds. The van der Waals surface area contributed by atoms with Crippen LogP contribution >= 0.6 is 0 Å². The third kappa shape index (κ3) is 4.91. The quantitative estimate of drug-likeness (QED) is 0.179. The molecule has 0 saturated heterocycles. The molecule has 0 saturated carbocycles. The second-order valence-corrected chi connectivity index (χ2v) is 1.02. The average Bonchev–Trinajstić information content (AvgIpc) is 1.81. The van der Waals surface area contributed by atoms with Crippen molar-refractivity contribution in [2.45, 2.75) is 0 Å². The smallest absolute Gasteiger partial charge is 0.102 e. The number of rotatable bonds is 3. The lowest BCUT2D eigenvalue weighted by Gasteiger charge is -1.78. The van der Waals surface area contributed by atoms with Gasteiger partial charge in [0.15, 0.2) is 0 Å². The number of allylic oxidation sites excluding steroid dienone is 2. The van der Waals surface area contributed by atoms with Gasteiger partial charge in [-0.05, 0) is 6.08 Å². The van der Waals surface area contributed by atoms with E-state index in [4.69, 9.17) is 5.84 Å². The highest BCUT2D eigenvalue weighted by molar-refractivity contribution is 5.53. The summed E-state index contributed by atoms with van der Waals surface area (Å²) in [7, 11) is 0. The molecule has 0 fully saturated rings. The van der Waals surface area contributed by atoms with Gasteiger partial charge in [0.25, 0.3) is 0 Å². The first-order valence-corrected chi connectivity index (χ1v) is 2.17. The Kier molecular flexibility index (Phi) is 5.10.